The zero-order valence-corrected chi connectivity index (χ0v) is 20.1. The summed E-state index contributed by atoms with van der Waals surface area (Å²) < 4.78 is 17.0. The Hall–Kier alpha value is -2.87. The van der Waals surface area contributed by atoms with Gasteiger partial charge in [-0.15, -0.1) is 0 Å². The highest BCUT2D eigenvalue weighted by Gasteiger charge is 2.64. The van der Waals surface area contributed by atoms with E-state index in [1.165, 1.54) is 7.11 Å². The van der Waals surface area contributed by atoms with Crippen LogP contribution in [0.1, 0.15) is 43.9 Å². The zero-order chi connectivity index (χ0) is 24.5. The Kier molecular flexibility index (Phi) is 5.10. The van der Waals surface area contributed by atoms with Gasteiger partial charge in [-0.25, -0.2) is 0 Å². The van der Waals surface area contributed by atoms with E-state index in [9.17, 15) is 15.0 Å². The minimum atomic E-state index is -1.91. The molecule has 3 N–H and O–H groups in total. The lowest BCUT2D eigenvalue weighted by atomic mass is 9.76. The molecule has 7 heteroatoms. The van der Waals surface area contributed by atoms with Crippen molar-refractivity contribution in [3.05, 3.63) is 59.2 Å². The Morgan fingerprint density at radius 2 is 1.79 bits per heavy atom. The normalized spacial score (nSPS) is 33.4. The quantitative estimate of drug-likeness (QED) is 0.621. The minimum Gasteiger partial charge on any atom is -0.507 e. The van der Waals surface area contributed by atoms with Crippen LogP contribution in [-0.4, -0.2) is 47.6 Å². The molecule has 2 aromatic rings. The van der Waals surface area contributed by atoms with E-state index in [4.69, 9.17) is 14.2 Å². The number of anilines is 1. The number of carbonyl (C=O) groups is 1. The monoisotopic (exact) mass is 465 g/mol. The van der Waals surface area contributed by atoms with Gasteiger partial charge in [-0.3, -0.25) is 4.79 Å². The van der Waals surface area contributed by atoms with Crippen LogP contribution in [0.15, 0.2) is 42.5 Å². The summed E-state index contributed by atoms with van der Waals surface area (Å²) in [5.41, 5.74) is -1.07. The summed E-state index contributed by atoms with van der Waals surface area (Å²) in [6.45, 7) is 6.32. The third kappa shape index (κ3) is 3.26. The Balaban J connectivity index is 1.60. The Bertz CT molecular complexity index is 1170. The topological polar surface area (TPSA) is 97.3 Å². The number of hydrogen-bond donors (Lipinski definition) is 3. The lowest BCUT2D eigenvalue weighted by molar-refractivity contribution is -0.142. The molecule has 1 aliphatic carbocycles. The summed E-state index contributed by atoms with van der Waals surface area (Å²) in [6, 6.07) is 10.1. The van der Waals surface area contributed by atoms with Gasteiger partial charge in [0.25, 0.3) is 5.91 Å². The molecule has 0 unspecified atom stereocenters. The van der Waals surface area contributed by atoms with Crippen molar-refractivity contribution < 1.29 is 29.2 Å². The number of phenolic OH excluding ortho intramolecular Hbond substituents is 1. The first-order chi connectivity index (χ1) is 16.0. The van der Waals surface area contributed by atoms with Gasteiger partial charge in [-0.2, -0.15) is 0 Å². The third-order valence-corrected chi connectivity index (χ3v) is 7.73. The molecule has 0 aromatic heterocycles. The first-order valence-corrected chi connectivity index (χ1v) is 11.5. The van der Waals surface area contributed by atoms with Gasteiger partial charge in [0.2, 0.25) is 0 Å². The van der Waals surface area contributed by atoms with Crippen LogP contribution >= 0.6 is 0 Å². The smallest absolute Gasteiger partial charge is 0.257 e. The van der Waals surface area contributed by atoms with Crippen molar-refractivity contribution in [1.82, 2.24) is 0 Å². The number of carbonyl (C=O) groups excluding carboxylic acids is 1. The van der Waals surface area contributed by atoms with Gasteiger partial charge in [0.1, 0.15) is 11.5 Å². The lowest BCUT2D eigenvalue weighted by Gasteiger charge is -2.40. The Morgan fingerprint density at radius 1 is 1.09 bits per heavy atom. The molecule has 0 spiro atoms. The molecule has 1 saturated heterocycles. The van der Waals surface area contributed by atoms with Crippen LogP contribution in [-0.2, 0) is 19.9 Å². The van der Waals surface area contributed by atoms with Crippen molar-refractivity contribution in [3.8, 4) is 11.5 Å². The molecule has 3 aliphatic rings. The number of aromatic hydroxyl groups is 1. The fraction of sp³-hybridized carbons (Fsp3) is 0.444. The van der Waals surface area contributed by atoms with Crippen molar-refractivity contribution in [2.75, 3.05) is 19.5 Å². The number of hydrogen-bond acceptors (Lipinski definition) is 6. The van der Waals surface area contributed by atoms with Gasteiger partial charge in [0, 0.05) is 12.7 Å². The minimum absolute atomic E-state index is 0.123. The number of benzene rings is 2. The SMILES string of the molecule is COc1ccc([C@@]2(O)c3c(ccc(C=C[C@@]4(C)OC(C)(C)[C@@H]5C[C@@H]54)c3O)NC(=O)[C@@H]2OC)cc1. The van der Waals surface area contributed by atoms with E-state index >= 15 is 0 Å². The molecule has 1 amide bonds. The standard InChI is InChI=1S/C27H31NO6/c1-25(2)18-14-19(18)26(3,34-25)13-12-15-6-11-20-21(22(15)29)27(31,23(33-5)24(30)28-20)16-7-9-17(32-4)10-8-16/h6-13,18-19,23,29,31H,14H2,1-5H3,(H,28,30)/t18-,19+,23+,26-,27-/m1/s1. The first kappa shape index (κ1) is 22.9. The summed E-state index contributed by atoms with van der Waals surface area (Å²) in [5.74, 6) is 0.977. The molecular formula is C27H31NO6. The Morgan fingerprint density at radius 3 is 2.35 bits per heavy atom. The predicted molar refractivity (Wildman–Crippen MR) is 128 cm³/mol. The molecule has 2 aromatic carbocycles. The van der Waals surface area contributed by atoms with Crippen molar-refractivity contribution in [3.63, 3.8) is 0 Å². The fourth-order valence-corrected chi connectivity index (χ4v) is 5.90. The van der Waals surface area contributed by atoms with Crippen LogP contribution in [0.2, 0.25) is 0 Å². The highest BCUT2D eigenvalue weighted by atomic mass is 16.5. The number of methoxy groups -OCH3 is 2. The van der Waals surface area contributed by atoms with Crippen molar-refractivity contribution in [2.45, 2.75) is 50.1 Å². The largest absolute Gasteiger partial charge is 0.507 e. The number of ether oxygens (including phenoxy) is 3. The van der Waals surface area contributed by atoms with E-state index in [0.717, 1.165) is 6.42 Å². The van der Waals surface area contributed by atoms with Crippen LogP contribution in [0.5, 0.6) is 11.5 Å². The number of aliphatic hydroxyl groups is 1. The van der Waals surface area contributed by atoms with Gasteiger partial charge >= 0.3 is 0 Å². The number of amides is 1. The molecule has 2 heterocycles. The van der Waals surface area contributed by atoms with E-state index < -0.39 is 23.2 Å². The average Bonchev–Trinajstić information content (AvgIpc) is 3.58. The van der Waals surface area contributed by atoms with E-state index in [1.54, 1.807) is 43.5 Å². The molecule has 180 valence electrons. The molecule has 0 bridgehead atoms. The summed E-state index contributed by atoms with van der Waals surface area (Å²) in [5, 5.41) is 26.1. The molecule has 7 nitrogen and oxygen atoms in total. The van der Waals surface area contributed by atoms with Gasteiger partial charge in [0.05, 0.1) is 29.6 Å². The highest BCUT2D eigenvalue weighted by Crippen LogP contribution is 2.62. The van der Waals surface area contributed by atoms with Crippen molar-refractivity contribution in [2.24, 2.45) is 11.8 Å². The zero-order valence-electron chi connectivity index (χ0n) is 20.1. The van der Waals surface area contributed by atoms with E-state index in [1.807, 2.05) is 12.2 Å². The number of phenols is 1. The number of fused-ring (bicyclic) bond motifs is 2. The Labute approximate surface area is 199 Å². The second-order valence-electron chi connectivity index (χ2n) is 10.2. The van der Waals surface area contributed by atoms with Gasteiger partial charge in [-0.05, 0) is 68.9 Å². The molecule has 2 aliphatic heterocycles. The summed E-state index contributed by atoms with van der Waals surface area (Å²) in [6.07, 6.45) is 3.69. The molecular weight excluding hydrogens is 434 g/mol. The molecule has 0 radical (unpaired) electrons. The van der Waals surface area contributed by atoms with Gasteiger partial charge < -0.3 is 29.7 Å². The molecule has 5 rings (SSSR count). The maximum atomic E-state index is 12.8. The predicted octanol–water partition coefficient (Wildman–Crippen LogP) is 3.82. The van der Waals surface area contributed by atoms with Crippen LogP contribution < -0.4 is 10.1 Å². The number of rotatable bonds is 5. The van der Waals surface area contributed by atoms with E-state index in [-0.39, 0.29) is 16.9 Å². The lowest BCUT2D eigenvalue weighted by Crippen LogP contribution is -2.52. The van der Waals surface area contributed by atoms with Crippen molar-refractivity contribution in [1.29, 1.82) is 0 Å². The average molecular weight is 466 g/mol. The maximum Gasteiger partial charge on any atom is 0.257 e. The van der Waals surface area contributed by atoms with E-state index in [2.05, 4.69) is 26.1 Å². The van der Waals surface area contributed by atoms with Crippen LogP contribution in [0.4, 0.5) is 5.69 Å². The van der Waals surface area contributed by atoms with Crippen LogP contribution in [0, 0.1) is 11.8 Å². The molecule has 2 fully saturated rings. The summed E-state index contributed by atoms with van der Waals surface area (Å²) in [4.78, 5) is 12.8. The molecule has 5 atom stereocenters. The highest BCUT2D eigenvalue weighted by molar-refractivity contribution is 6.00. The molecule has 1 saturated carbocycles. The second kappa shape index (κ2) is 7.57. The van der Waals surface area contributed by atoms with Crippen LogP contribution in [0.25, 0.3) is 6.08 Å². The fourth-order valence-electron chi connectivity index (χ4n) is 5.90. The second-order valence-corrected chi connectivity index (χ2v) is 10.2. The maximum absolute atomic E-state index is 12.8. The van der Waals surface area contributed by atoms with Crippen molar-refractivity contribution >= 4 is 17.7 Å². The first-order valence-electron chi connectivity index (χ1n) is 11.5. The third-order valence-electron chi connectivity index (χ3n) is 7.73. The van der Waals surface area contributed by atoms with Crippen LogP contribution in [0.3, 0.4) is 0 Å². The van der Waals surface area contributed by atoms with E-state index in [0.29, 0.717) is 34.4 Å². The van der Waals surface area contributed by atoms with Gasteiger partial charge in [-0.1, -0.05) is 24.3 Å². The summed E-state index contributed by atoms with van der Waals surface area (Å²) >= 11 is 0. The molecule has 34 heavy (non-hydrogen) atoms. The number of nitrogens with one attached hydrogen (secondary N) is 1. The summed E-state index contributed by atoms with van der Waals surface area (Å²) in [7, 11) is 2.91. The van der Waals surface area contributed by atoms with Gasteiger partial charge in [0.15, 0.2) is 11.7 Å².